The van der Waals surface area contributed by atoms with Gasteiger partial charge in [0.15, 0.2) is 6.61 Å². The molecular weight excluding hydrogens is 372 g/mol. The summed E-state index contributed by atoms with van der Waals surface area (Å²) in [6, 6.07) is 11.1. The highest BCUT2D eigenvalue weighted by molar-refractivity contribution is 6.36. The number of ether oxygens (including phenoxy) is 2. The Morgan fingerprint density at radius 1 is 1.08 bits per heavy atom. The molecule has 8 heteroatoms. The monoisotopic (exact) mass is 385 g/mol. The summed E-state index contributed by atoms with van der Waals surface area (Å²) in [4.78, 5) is 23.5. The van der Waals surface area contributed by atoms with Crippen LogP contribution in [-0.4, -0.2) is 31.6 Å². The van der Waals surface area contributed by atoms with Gasteiger partial charge in [0, 0.05) is 0 Å². The van der Waals surface area contributed by atoms with Gasteiger partial charge in [-0.25, -0.2) is 9.18 Å². The topological polar surface area (TPSA) is 64.6 Å². The number of rotatable bonds is 7. The molecule has 0 aliphatic carbocycles. The van der Waals surface area contributed by atoms with Crippen LogP contribution < -0.4 is 10.1 Å². The van der Waals surface area contributed by atoms with Crippen molar-refractivity contribution in [2.75, 3.05) is 19.8 Å². The van der Waals surface area contributed by atoms with Crippen molar-refractivity contribution in [2.24, 2.45) is 0 Å². The maximum Gasteiger partial charge on any atom is 0.340 e. The van der Waals surface area contributed by atoms with Gasteiger partial charge in [0.05, 0.1) is 22.2 Å². The molecule has 0 aliphatic rings. The van der Waals surface area contributed by atoms with Crippen LogP contribution in [0.5, 0.6) is 5.75 Å². The molecule has 0 saturated carbocycles. The van der Waals surface area contributed by atoms with Gasteiger partial charge >= 0.3 is 5.97 Å². The van der Waals surface area contributed by atoms with Crippen LogP contribution in [0.25, 0.3) is 0 Å². The van der Waals surface area contributed by atoms with Crippen molar-refractivity contribution in [1.82, 2.24) is 5.32 Å². The Labute approximate surface area is 153 Å². The summed E-state index contributed by atoms with van der Waals surface area (Å²) in [5.74, 6) is -1.56. The van der Waals surface area contributed by atoms with Gasteiger partial charge in [0.25, 0.3) is 5.91 Å². The summed E-state index contributed by atoms with van der Waals surface area (Å²) in [5.41, 5.74) is -0.205. The normalized spacial score (nSPS) is 10.2. The Morgan fingerprint density at radius 2 is 1.80 bits per heavy atom. The molecule has 0 aromatic heterocycles. The molecule has 0 bridgehead atoms. The summed E-state index contributed by atoms with van der Waals surface area (Å²) in [5, 5.41) is 2.25. The summed E-state index contributed by atoms with van der Waals surface area (Å²) >= 11 is 11.3. The Morgan fingerprint density at radius 3 is 2.52 bits per heavy atom. The molecule has 0 fully saturated rings. The number of para-hydroxylation sites is 1. The number of esters is 1. The molecule has 0 heterocycles. The van der Waals surface area contributed by atoms with E-state index >= 15 is 0 Å². The van der Waals surface area contributed by atoms with Gasteiger partial charge in [0.1, 0.15) is 18.2 Å². The quantitative estimate of drug-likeness (QED) is 0.450. The van der Waals surface area contributed by atoms with Crippen molar-refractivity contribution in [2.45, 2.75) is 0 Å². The van der Waals surface area contributed by atoms with E-state index in [0.717, 1.165) is 12.1 Å². The number of halogens is 3. The largest absolute Gasteiger partial charge is 0.492 e. The zero-order valence-electron chi connectivity index (χ0n) is 12.9. The number of carbonyl (C=O) groups excluding carboxylic acids is 2. The third kappa shape index (κ3) is 5.92. The van der Waals surface area contributed by atoms with E-state index in [9.17, 15) is 14.0 Å². The predicted molar refractivity (Wildman–Crippen MR) is 91.6 cm³/mol. The van der Waals surface area contributed by atoms with Crippen LogP contribution in [0.3, 0.4) is 0 Å². The van der Waals surface area contributed by atoms with Crippen LogP contribution in [0.2, 0.25) is 10.0 Å². The first-order valence-electron chi connectivity index (χ1n) is 7.23. The molecule has 0 atom stereocenters. The minimum atomic E-state index is -0.920. The number of nitrogens with one attached hydrogen (secondary N) is 1. The SMILES string of the molecule is O=C(COC(=O)c1cc(F)c(Cl)cc1Cl)NCCOc1ccccc1. The third-order valence-corrected chi connectivity index (χ3v) is 3.60. The van der Waals surface area contributed by atoms with E-state index < -0.39 is 24.3 Å². The first-order valence-corrected chi connectivity index (χ1v) is 7.99. The first-order chi connectivity index (χ1) is 12.0. The Hall–Kier alpha value is -2.31. The molecule has 5 nitrogen and oxygen atoms in total. The van der Waals surface area contributed by atoms with Gasteiger partial charge in [0.2, 0.25) is 0 Å². The van der Waals surface area contributed by atoms with Gasteiger partial charge in [-0.1, -0.05) is 41.4 Å². The lowest BCUT2D eigenvalue weighted by atomic mass is 10.2. The van der Waals surface area contributed by atoms with Crippen LogP contribution in [0.4, 0.5) is 4.39 Å². The van der Waals surface area contributed by atoms with E-state index in [1.54, 1.807) is 12.1 Å². The molecule has 1 N–H and O–H groups in total. The minimum absolute atomic E-state index is 0.0620. The standard InChI is InChI=1S/C17H14Cl2FNO4/c18-13-9-14(19)15(20)8-12(13)17(23)25-10-16(22)21-6-7-24-11-4-2-1-3-5-11/h1-5,8-9H,6-7,10H2,(H,21,22). The molecule has 0 aliphatic heterocycles. The highest BCUT2D eigenvalue weighted by Gasteiger charge is 2.16. The number of benzene rings is 2. The van der Waals surface area contributed by atoms with Crippen molar-refractivity contribution in [1.29, 1.82) is 0 Å². The second kappa shape index (κ2) is 9.25. The number of hydrogen-bond acceptors (Lipinski definition) is 4. The third-order valence-electron chi connectivity index (χ3n) is 3.00. The van der Waals surface area contributed by atoms with E-state index in [-0.39, 0.29) is 28.8 Å². The Balaban J connectivity index is 1.72. The minimum Gasteiger partial charge on any atom is -0.492 e. The van der Waals surface area contributed by atoms with Crippen LogP contribution >= 0.6 is 23.2 Å². The zero-order chi connectivity index (χ0) is 18.2. The molecule has 2 rings (SSSR count). The second-order valence-corrected chi connectivity index (χ2v) is 5.65. The molecule has 2 aromatic carbocycles. The van der Waals surface area contributed by atoms with E-state index in [2.05, 4.69) is 5.32 Å². The lowest BCUT2D eigenvalue weighted by molar-refractivity contribution is -0.124. The maximum absolute atomic E-state index is 13.4. The fourth-order valence-electron chi connectivity index (χ4n) is 1.81. The lowest BCUT2D eigenvalue weighted by Gasteiger charge is -2.09. The van der Waals surface area contributed by atoms with E-state index in [1.165, 1.54) is 0 Å². The smallest absolute Gasteiger partial charge is 0.340 e. The second-order valence-electron chi connectivity index (χ2n) is 4.83. The molecule has 1 amide bonds. The summed E-state index contributed by atoms with van der Waals surface area (Å²) < 4.78 is 23.6. The van der Waals surface area contributed by atoms with Crippen LogP contribution in [0, 0.1) is 5.82 Å². The maximum atomic E-state index is 13.4. The van der Waals surface area contributed by atoms with Crippen LogP contribution in [0.1, 0.15) is 10.4 Å². The first kappa shape index (κ1) is 19.0. The average Bonchev–Trinajstić information content (AvgIpc) is 2.60. The summed E-state index contributed by atoms with van der Waals surface area (Å²) in [7, 11) is 0. The lowest BCUT2D eigenvalue weighted by Crippen LogP contribution is -2.32. The molecule has 0 saturated heterocycles. The van der Waals surface area contributed by atoms with Gasteiger partial charge < -0.3 is 14.8 Å². The van der Waals surface area contributed by atoms with Crippen LogP contribution in [-0.2, 0) is 9.53 Å². The molecule has 132 valence electrons. The average molecular weight is 386 g/mol. The van der Waals surface area contributed by atoms with Crippen molar-refractivity contribution < 1.29 is 23.5 Å². The van der Waals surface area contributed by atoms with Crippen LogP contribution in [0.15, 0.2) is 42.5 Å². The van der Waals surface area contributed by atoms with Crippen molar-refractivity contribution in [3.05, 3.63) is 63.9 Å². The van der Waals surface area contributed by atoms with Gasteiger partial charge in [-0.15, -0.1) is 0 Å². The van der Waals surface area contributed by atoms with Gasteiger partial charge in [-0.05, 0) is 24.3 Å². The highest BCUT2D eigenvalue weighted by Crippen LogP contribution is 2.24. The highest BCUT2D eigenvalue weighted by atomic mass is 35.5. The molecule has 0 spiro atoms. The molecule has 25 heavy (non-hydrogen) atoms. The molecule has 2 aromatic rings. The number of carbonyl (C=O) groups is 2. The van der Waals surface area contributed by atoms with Crippen molar-refractivity contribution in [3.8, 4) is 5.75 Å². The Bertz CT molecular complexity index is 756. The molecule has 0 unspecified atom stereocenters. The zero-order valence-corrected chi connectivity index (χ0v) is 14.4. The number of hydrogen-bond donors (Lipinski definition) is 1. The summed E-state index contributed by atoms with van der Waals surface area (Å²) in [6.45, 7) is -0.0235. The van der Waals surface area contributed by atoms with Crippen molar-refractivity contribution in [3.63, 3.8) is 0 Å². The fraction of sp³-hybridized carbons (Fsp3) is 0.176. The van der Waals surface area contributed by atoms with E-state index in [0.29, 0.717) is 5.75 Å². The predicted octanol–water partition coefficient (Wildman–Crippen LogP) is 3.48. The van der Waals surface area contributed by atoms with Crippen molar-refractivity contribution >= 4 is 35.1 Å². The van der Waals surface area contributed by atoms with Gasteiger partial charge in [-0.2, -0.15) is 0 Å². The fourth-order valence-corrected chi connectivity index (χ4v) is 2.28. The summed E-state index contributed by atoms with van der Waals surface area (Å²) in [6.07, 6.45) is 0. The van der Waals surface area contributed by atoms with E-state index in [4.69, 9.17) is 32.7 Å². The van der Waals surface area contributed by atoms with E-state index in [1.807, 2.05) is 18.2 Å². The number of amides is 1. The molecule has 0 radical (unpaired) electrons. The Kier molecular flexibility index (Phi) is 7.03. The molecular formula is C17H14Cl2FNO4. The van der Waals surface area contributed by atoms with Gasteiger partial charge in [-0.3, -0.25) is 4.79 Å².